The van der Waals surface area contributed by atoms with Gasteiger partial charge < -0.3 is 14.8 Å². The molecule has 0 spiro atoms. The first kappa shape index (κ1) is 15.4. The Kier molecular flexibility index (Phi) is 5.22. The summed E-state index contributed by atoms with van der Waals surface area (Å²) in [4.78, 5) is 12.1. The molecule has 4 nitrogen and oxygen atoms in total. The van der Waals surface area contributed by atoms with Crippen molar-refractivity contribution < 1.29 is 14.3 Å². The van der Waals surface area contributed by atoms with Gasteiger partial charge in [0.25, 0.3) is 5.91 Å². The fourth-order valence-electron chi connectivity index (χ4n) is 1.88. The summed E-state index contributed by atoms with van der Waals surface area (Å²) in [5.74, 6) is 1.26. The molecule has 0 saturated carbocycles. The first-order valence-corrected chi connectivity index (χ1v) is 7.17. The number of carbonyl (C=O) groups excluding carboxylic acids is 1. The fourth-order valence-corrected chi connectivity index (χ4v) is 2.28. The van der Waals surface area contributed by atoms with E-state index < -0.39 is 0 Å². The number of ether oxygens (including phenoxy) is 2. The maximum absolute atomic E-state index is 12.1. The number of amides is 1. The van der Waals surface area contributed by atoms with Crippen LogP contribution >= 0.6 is 15.9 Å². The van der Waals surface area contributed by atoms with Gasteiger partial charge in [-0.1, -0.05) is 22.0 Å². The van der Waals surface area contributed by atoms with E-state index in [-0.39, 0.29) is 5.91 Å². The highest BCUT2D eigenvalue weighted by molar-refractivity contribution is 9.10. The van der Waals surface area contributed by atoms with E-state index in [1.54, 1.807) is 32.4 Å². The zero-order valence-corrected chi connectivity index (χ0v) is 13.4. The molecule has 0 fully saturated rings. The van der Waals surface area contributed by atoms with E-state index in [0.717, 1.165) is 10.0 Å². The minimum Gasteiger partial charge on any atom is -0.497 e. The lowest BCUT2D eigenvalue weighted by Crippen LogP contribution is -2.22. The molecule has 2 rings (SSSR count). The van der Waals surface area contributed by atoms with Crippen LogP contribution in [0.15, 0.2) is 46.9 Å². The quantitative estimate of drug-likeness (QED) is 0.899. The van der Waals surface area contributed by atoms with E-state index in [0.29, 0.717) is 23.6 Å². The monoisotopic (exact) mass is 349 g/mol. The average molecular weight is 350 g/mol. The fraction of sp³-hybridized carbons (Fsp3) is 0.188. The molecule has 2 aromatic carbocycles. The van der Waals surface area contributed by atoms with E-state index in [1.165, 1.54) is 0 Å². The topological polar surface area (TPSA) is 47.6 Å². The Bertz CT molecular complexity index is 621. The maximum Gasteiger partial charge on any atom is 0.251 e. The van der Waals surface area contributed by atoms with Gasteiger partial charge in [0.05, 0.1) is 14.2 Å². The summed E-state index contributed by atoms with van der Waals surface area (Å²) in [6, 6.07) is 12.8. The third kappa shape index (κ3) is 4.23. The van der Waals surface area contributed by atoms with E-state index in [1.807, 2.05) is 24.3 Å². The minimum absolute atomic E-state index is 0.127. The van der Waals surface area contributed by atoms with Crippen LogP contribution in [0.1, 0.15) is 15.9 Å². The molecule has 21 heavy (non-hydrogen) atoms. The Labute approximate surface area is 132 Å². The van der Waals surface area contributed by atoms with Gasteiger partial charge in [-0.25, -0.2) is 0 Å². The SMILES string of the molecule is COc1cc(CNC(=O)c2cccc(Br)c2)cc(OC)c1. The molecular weight excluding hydrogens is 334 g/mol. The van der Waals surface area contributed by atoms with Crippen LogP contribution in [0.3, 0.4) is 0 Å². The molecule has 2 aromatic rings. The molecule has 0 aliphatic carbocycles. The van der Waals surface area contributed by atoms with E-state index >= 15 is 0 Å². The summed E-state index contributed by atoms with van der Waals surface area (Å²) in [5, 5.41) is 2.87. The van der Waals surface area contributed by atoms with Gasteiger partial charge in [-0.2, -0.15) is 0 Å². The summed E-state index contributed by atoms with van der Waals surface area (Å²) < 4.78 is 11.3. The summed E-state index contributed by atoms with van der Waals surface area (Å²) in [6.45, 7) is 0.402. The van der Waals surface area contributed by atoms with Crippen molar-refractivity contribution in [1.82, 2.24) is 5.32 Å². The van der Waals surface area contributed by atoms with E-state index in [2.05, 4.69) is 21.2 Å². The second kappa shape index (κ2) is 7.13. The molecule has 0 aromatic heterocycles. The predicted molar refractivity (Wildman–Crippen MR) is 84.9 cm³/mol. The largest absolute Gasteiger partial charge is 0.497 e. The number of hydrogen-bond acceptors (Lipinski definition) is 3. The Morgan fingerprint density at radius 1 is 1.10 bits per heavy atom. The van der Waals surface area contributed by atoms with Gasteiger partial charge in [-0.3, -0.25) is 4.79 Å². The Hall–Kier alpha value is -2.01. The van der Waals surface area contributed by atoms with Crippen molar-refractivity contribution in [2.45, 2.75) is 6.54 Å². The molecule has 0 atom stereocenters. The molecule has 0 heterocycles. The number of rotatable bonds is 5. The first-order valence-electron chi connectivity index (χ1n) is 6.38. The van der Waals surface area contributed by atoms with Gasteiger partial charge in [-0.15, -0.1) is 0 Å². The molecule has 1 N–H and O–H groups in total. The number of benzene rings is 2. The molecule has 0 saturated heterocycles. The van der Waals surface area contributed by atoms with Gasteiger partial charge in [0.2, 0.25) is 0 Å². The molecular formula is C16H16BrNO3. The van der Waals surface area contributed by atoms with Crippen LogP contribution in [0.2, 0.25) is 0 Å². The highest BCUT2D eigenvalue weighted by Gasteiger charge is 2.07. The summed E-state index contributed by atoms with van der Waals surface area (Å²) in [5.41, 5.74) is 1.52. The van der Waals surface area contributed by atoms with Gasteiger partial charge >= 0.3 is 0 Å². The number of halogens is 1. The third-order valence-corrected chi connectivity index (χ3v) is 3.44. The smallest absolute Gasteiger partial charge is 0.251 e. The average Bonchev–Trinajstić information content (AvgIpc) is 2.52. The lowest BCUT2D eigenvalue weighted by molar-refractivity contribution is 0.0950. The zero-order chi connectivity index (χ0) is 15.2. The summed E-state index contributed by atoms with van der Waals surface area (Å²) in [6.07, 6.45) is 0. The normalized spacial score (nSPS) is 10.0. The number of carbonyl (C=O) groups is 1. The highest BCUT2D eigenvalue weighted by Crippen LogP contribution is 2.22. The van der Waals surface area contributed by atoms with Crippen molar-refractivity contribution in [3.63, 3.8) is 0 Å². The standard InChI is InChI=1S/C16H16BrNO3/c1-20-14-6-11(7-15(9-14)21-2)10-18-16(19)12-4-3-5-13(17)8-12/h3-9H,10H2,1-2H3,(H,18,19). The van der Waals surface area contributed by atoms with Crippen molar-refractivity contribution >= 4 is 21.8 Å². The second-order valence-corrected chi connectivity index (χ2v) is 5.33. The second-order valence-electron chi connectivity index (χ2n) is 4.41. The molecule has 0 radical (unpaired) electrons. The van der Waals surface area contributed by atoms with Crippen LogP contribution in [0.5, 0.6) is 11.5 Å². The molecule has 1 amide bonds. The van der Waals surface area contributed by atoms with E-state index in [9.17, 15) is 4.79 Å². The molecule has 0 unspecified atom stereocenters. The van der Waals surface area contributed by atoms with Gasteiger partial charge in [0, 0.05) is 22.6 Å². The van der Waals surface area contributed by atoms with Crippen molar-refractivity contribution in [3.8, 4) is 11.5 Å². The predicted octanol–water partition coefficient (Wildman–Crippen LogP) is 3.40. The van der Waals surface area contributed by atoms with Gasteiger partial charge in [0.15, 0.2) is 0 Å². The van der Waals surface area contributed by atoms with Crippen LogP contribution in [0.4, 0.5) is 0 Å². The van der Waals surface area contributed by atoms with Crippen molar-refractivity contribution in [1.29, 1.82) is 0 Å². The molecule has 0 bridgehead atoms. The van der Waals surface area contributed by atoms with Crippen LogP contribution in [0.25, 0.3) is 0 Å². The van der Waals surface area contributed by atoms with Gasteiger partial charge in [0.1, 0.15) is 11.5 Å². The minimum atomic E-state index is -0.127. The molecule has 5 heteroatoms. The van der Waals surface area contributed by atoms with Crippen LogP contribution in [0, 0.1) is 0 Å². The highest BCUT2D eigenvalue weighted by atomic mass is 79.9. The number of hydrogen-bond donors (Lipinski definition) is 1. The van der Waals surface area contributed by atoms with Crippen LogP contribution in [-0.4, -0.2) is 20.1 Å². The summed E-state index contributed by atoms with van der Waals surface area (Å²) >= 11 is 3.35. The molecule has 0 aliphatic heterocycles. The third-order valence-electron chi connectivity index (χ3n) is 2.95. The van der Waals surface area contributed by atoms with E-state index in [4.69, 9.17) is 9.47 Å². The van der Waals surface area contributed by atoms with Crippen molar-refractivity contribution in [3.05, 3.63) is 58.1 Å². The molecule has 0 aliphatic rings. The van der Waals surface area contributed by atoms with Crippen LogP contribution in [-0.2, 0) is 6.54 Å². The van der Waals surface area contributed by atoms with Crippen molar-refractivity contribution in [2.75, 3.05) is 14.2 Å². The Morgan fingerprint density at radius 2 is 1.76 bits per heavy atom. The lowest BCUT2D eigenvalue weighted by Gasteiger charge is -2.10. The van der Waals surface area contributed by atoms with Crippen molar-refractivity contribution in [2.24, 2.45) is 0 Å². The van der Waals surface area contributed by atoms with Crippen LogP contribution < -0.4 is 14.8 Å². The number of nitrogens with one attached hydrogen (secondary N) is 1. The number of methoxy groups -OCH3 is 2. The Morgan fingerprint density at radius 3 is 2.33 bits per heavy atom. The lowest BCUT2D eigenvalue weighted by atomic mass is 10.1. The molecule has 110 valence electrons. The van der Waals surface area contributed by atoms with Gasteiger partial charge in [-0.05, 0) is 35.9 Å². The Balaban J connectivity index is 2.07. The summed E-state index contributed by atoms with van der Waals surface area (Å²) in [7, 11) is 3.19. The zero-order valence-electron chi connectivity index (χ0n) is 11.9. The first-order chi connectivity index (χ1) is 10.1. The maximum atomic E-state index is 12.1.